The number of pyridine rings is 1. The van der Waals surface area contributed by atoms with E-state index >= 15 is 0 Å². The van der Waals surface area contributed by atoms with Gasteiger partial charge in [0, 0.05) is 23.7 Å². The van der Waals surface area contributed by atoms with Crippen molar-refractivity contribution in [3.05, 3.63) is 71.0 Å². The van der Waals surface area contributed by atoms with Crippen LogP contribution in [0.15, 0.2) is 54.3 Å². The van der Waals surface area contributed by atoms with E-state index in [1.807, 2.05) is 6.07 Å². The second-order valence-electron chi connectivity index (χ2n) is 6.18. The maximum Gasteiger partial charge on any atom is 0.435 e. The molecule has 1 aliphatic heterocycles. The molecule has 1 aliphatic rings. The normalized spacial score (nSPS) is 18.8. The van der Waals surface area contributed by atoms with Crippen LogP contribution in [0, 0.1) is 11.3 Å². The van der Waals surface area contributed by atoms with Gasteiger partial charge in [0.25, 0.3) is 5.60 Å². The Kier molecular flexibility index (Phi) is 4.47. The van der Waals surface area contributed by atoms with E-state index in [0.29, 0.717) is 11.3 Å². The zero-order valence-corrected chi connectivity index (χ0v) is 15.2. The summed E-state index contributed by atoms with van der Waals surface area (Å²) < 4.78 is 43.3. The van der Waals surface area contributed by atoms with Gasteiger partial charge in [0.15, 0.2) is 0 Å². The number of rotatable bonds is 3. The Morgan fingerprint density at radius 3 is 2.72 bits per heavy atom. The minimum atomic E-state index is -4.76. The fourth-order valence-electron chi connectivity index (χ4n) is 3.05. The summed E-state index contributed by atoms with van der Waals surface area (Å²) in [7, 11) is 0. The standard InChI is InChI=1S/C18H10ClF3N6O/c19-16-6-13(3-4-25-16)17(18(20,21)22)7-14(27-29-17)11-1-2-15(12(5-11)8-23)28-10-24-9-26-28/h1-6,9-10H,7H2. The molecular weight excluding hydrogens is 409 g/mol. The van der Waals surface area contributed by atoms with E-state index in [2.05, 4.69) is 20.2 Å². The minimum Gasteiger partial charge on any atom is -0.374 e. The molecule has 4 rings (SSSR count). The number of aromatic nitrogens is 4. The van der Waals surface area contributed by atoms with Crippen molar-refractivity contribution in [3.63, 3.8) is 0 Å². The first-order valence-corrected chi connectivity index (χ1v) is 8.55. The number of hydrogen-bond acceptors (Lipinski definition) is 6. The lowest BCUT2D eigenvalue weighted by molar-refractivity contribution is -0.275. The highest BCUT2D eigenvalue weighted by atomic mass is 35.5. The average molecular weight is 419 g/mol. The highest BCUT2D eigenvalue weighted by Gasteiger charge is 2.62. The van der Waals surface area contributed by atoms with Crippen LogP contribution in [-0.2, 0) is 10.4 Å². The van der Waals surface area contributed by atoms with Gasteiger partial charge in [-0.15, -0.1) is 0 Å². The summed E-state index contributed by atoms with van der Waals surface area (Å²) in [6.45, 7) is 0. The number of hydrogen-bond donors (Lipinski definition) is 0. The van der Waals surface area contributed by atoms with Crippen molar-refractivity contribution in [3.8, 4) is 11.8 Å². The van der Waals surface area contributed by atoms with Gasteiger partial charge in [-0.2, -0.15) is 23.5 Å². The van der Waals surface area contributed by atoms with E-state index in [9.17, 15) is 18.4 Å². The van der Waals surface area contributed by atoms with Crippen LogP contribution in [0.2, 0.25) is 5.15 Å². The summed E-state index contributed by atoms with van der Waals surface area (Å²) in [5.74, 6) is 0. The van der Waals surface area contributed by atoms with Crippen LogP contribution in [0.3, 0.4) is 0 Å². The minimum absolute atomic E-state index is 0.0527. The van der Waals surface area contributed by atoms with E-state index in [1.54, 1.807) is 12.1 Å². The van der Waals surface area contributed by atoms with Gasteiger partial charge in [0.2, 0.25) is 0 Å². The van der Waals surface area contributed by atoms with Crippen LogP contribution in [0.4, 0.5) is 13.2 Å². The smallest absolute Gasteiger partial charge is 0.374 e. The second-order valence-corrected chi connectivity index (χ2v) is 6.57. The van der Waals surface area contributed by atoms with Crippen molar-refractivity contribution in [2.45, 2.75) is 18.2 Å². The highest BCUT2D eigenvalue weighted by molar-refractivity contribution is 6.29. The molecule has 3 aromatic rings. The van der Waals surface area contributed by atoms with E-state index in [0.717, 1.165) is 6.07 Å². The van der Waals surface area contributed by atoms with Gasteiger partial charge in [-0.3, -0.25) is 0 Å². The third kappa shape index (κ3) is 3.19. The lowest BCUT2D eigenvalue weighted by Gasteiger charge is -2.29. The monoisotopic (exact) mass is 418 g/mol. The molecule has 2 aromatic heterocycles. The molecule has 0 spiro atoms. The molecule has 11 heteroatoms. The van der Waals surface area contributed by atoms with E-state index in [4.69, 9.17) is 16.4 Å². The summed E-state index contributed by atoms with van der Waals surface area (Å²) >= 11 is 5.77. The van der Waals surface area contributed by atoms with Gasteiger partial charge in [0.1, 0.15) is 23.9 Å². The molecule has 0 aliphatic carbocycles. The van der Waals surface area contributed by atoms with Crippen molar-refractivity contribution in [2.24, 2.45) is 5.16 Å². The Bertz CT molecular complexity index is 1140. The number of oxime groups is 1. The molecule has 7 nitrogen and oxygen atoms in total. The van der Waals surface area contributed by atoms with Crippen LogP contribution < -0.4 is 0 Å². The number of nitriles is 1. The largest absolute Gasteiger partial charge is 0.435 e. The molecule has 0 fully saturated rings. The second kappa shape index (κ2) is 6.86. The molecule has 0 N–H and O–H groups in total. The molecule has 1 unspecified atom stereocenters. The number of halogens is 4. The lowest BCUT2D eigenvalue weighted by atomic mass is 9.87. The highest BCUT2D eigenvalue weighted by Crippen LogP contribution is 2.49. The van der Waals surface area contributed by atoms with Gasteiger partial charge in [-0.1, -0.05) is 22.8 Å². The molecule has 29 heavy (non-hydrogen) atoms. The van der Waals surface area contributed by atoms with Crippen LogP contribution in [0.5, 0.6) is 0 Å². The molecule has 0 saturated carbocycles. The molecule has 1 atom stereocenters. The van der Waals surface area contributed by atoms with Crippen molar-refractivity contribution >= 4 is 17.3 Å². The first kappa shape index (κ1) is 18.9. The summed E-state index contributed by atoms with van der Waals surface area (Å²) in [6.07, 6.45) is -1.45. The third-order valence-electron chi connectivity index (χ3n) is 4.49. The van der Waals surface area contributed by atoms with Crippen LogP contribution in [-0.4, -0.2) is 31.6 Å². The predicted molar refractivity (Wildman–Crippen MR) is 95.3 cm³/mol. The maximum atomic E-state index is 14.0. The van der Waals surface area contributed by atoms with E-state index in [1.165, 1.54) is 35.7 Å². The summed E-state index contributed by atoms with van der Waals surface area (Å²) in [4.78, 5) is 12.5. The lowest BCUT2D eigenvalue weighted by Crippen LogP contribution is -2.42. The van der Waals surface area contributed by atoms with Gasteiger partial charge in [0.05, 0.1) is 17.0 Å². The Hall–Kier alpha value is -3.45. The number of nitrogens with zero attached hydrogens (tertiary/aromatic N) is 6. The Balaban J connectivity index is 1.72. The first-order valence-electron chi connectivity index (χ1n) is 8.17. The van der Waals surface area contributed by atoms with Crippen molar-refractivity contribution < 1.29 is 18.0 Å². The summed E-state index contributed by atoms with van der Waals surface area (Å²) in [5.41, 5.74) is -1.87. The van der Waals surface area contributed by atoms with Crippen LogP contribution >= 0.6 is 11.6 Å². The Labute approximate surface area is 167 Å². The molecule has 146 valence electrons. The van der Waals surface area contributed by atoms with E-state index < -0.39 is 18.2 Å². The topological polar surface area (TPSA) is 89.0 Å². The number of benzene rings is 1. The average Bonchev–Trinajstić information content (AvgIpc) is 3.38. The van der Waals surface area contributed by atoms with Gasteiger partial charge >= 0.3 is 6.18 Å². The Morgan fingerprint density at radius 1 is 1.24 bits per heavy atom. The molecule has 0 radical (unpaired) electrons. The van der Waals surface area contributed by atoms with Crippen LogP contribution in [0.25, 0.3) is 5.69 Å². The molecule has 3 heterocycles. The SMILES string of the molecule is N#Cc1cc(C2=NOC(c3ccnc(Cl)c3)(C(F)(F)F)C2)ccc1-n1cncn1. The zero-order chi connectivity index (χ0) is 20.6. The molecule has 1 aromatic carbocycles. The zero-order valence-electron chi connectivity index (χ0n) is 14.4. The Morgan fingerprint density at radius 2 is 2.07 bits per heavy atom. The fraction of sp³-hybridized carbons (Fsp3) is 0.167. The molecule has 0 saturated heterocycles. The predicted octanol–water partition coefficient (Wildman–Crippen LogP) is 3.77. The van der Waals surface area contributed by atoms with Crippen molar-refractivity contribution in [1.82, 2.24) is 19.7 Å². The van der Waals surface area contributed by atoms with Gasteiger partial charge in [-0.25, -0.2) is 14.6 Å². The van der Waals surface area contributed by atoms with Gasteiger partial charge < -0.3 is 4.84 Å². The molecule has 0 bridgehead atoms. The third-order valence-corrected chi connectivity index (χ3v) is 4.70. The maximum absolute atomic E-state index is 14.0. The van der Waals surface area contributed by atoms with Crippen molar-refractivity contribution in [2.75, 3.05) is 0 Å². The fourth-order valence-corrected chi connectivity index (χ4v) is 3.22. The molecule has 0 amide bonds. The molecular formula is C18H10ClF3N6O. The number of alkyl halides is 3. The van der Waals surface area contributed by atoms with Crippen LogP contribution in [0.1, 0.15) is 23.1 Å². The van der Waals surface area contributed by atoms with Crippen molar-refractivity contribution in [1.29, 1.82) is 5.26 Å². The van der Waals surface area contributed by atoms with E-state index in [-0.39, 0.29) is 22.0 Å². The summed E-state index contributed by atoms with van der Waals surface area (Å²) in [6, 6.07) is 8.83. The first-order chi connectivity index (χ1) is 13.8. The van der Waals surface area contributed by atoms with Gasteiger partial charge in [-0.05, 0) is 24.3 Å². The summed E-state index contributed by atoms with van der Waals surface area (Å²) in [5, 5.41) is 17.0. The quantitative estimate of drug-likeness (QED) is 0.604.